The monoisotopic (exact) mass is 486 g/mol. The second-order valence-corrected chi connectivity index (χ2v) is 11.7. The van der Waals surface area contributed by atoms with Crippen LogP contribution in [0.4, 0.5) is 5.82 Å². The molecule has 4 fully saturated rings. The van der Waals surface area contributed by atoms with Gasteiger partial charge in [0.2, 0.25) is 5.91 Å². The summed E-state index contributed by atoms with van der Waals surface area (Å²) in [5.74, 6) is 2.94. The van der Waals surface area contributed by atoms with E-state index in [1.54, 1.807) is 0 Å². The number of rotatable bonds is 3. The van der Waals surface area contributed by atoms with Gasteiger partial charge in [-0.05, 0) is 78.8 Å². The van der Waals surface area contributed by atoms with E-state index in [0.29, 0.717) is 22.8 Å². The van der Waals surface area contributed by atoms with Crippen molar-refractivity contribution in [3.63, 3.8) is 0 Å². The van der Waals surface area contributed by atoms with E-state index in [9.17, 15) is 10.1 Å². The van der Waals surface area contributed by atoms with Crippen LogP contribution < -0.4 is 4.90 Å². The minimum atomic E-state index is 0.160. The Labute approximate surface area is 195 Å². The van der Waals surface area contributed by atoms with Crippen LogP contribution in [0.2, 0.25) is 0 Å². The number of pyridine rings is 1. The van der Waals surface area contributed by atoms with Gasteiger partial charge in [0.05, 0.1) is 11.3 Å². The van der Waals surface area contributed by atoms with Crippen LogP contribution in [0, 0.1) is 28.6 Å². The highest BCUT2D eigenvalue weighted by Crippen LogP contribution is 2.45. The fraction of sp³-hybridized carbons (Fsp3) is 0.720. The topological polar surface area (TPSA) is 60.2 Å². The number of nitriles is 1. The van der Waals surface area contributed by atoms with Crippen LogP contribution in [-0.4, -0.2) is 41.5 Å². The number of anilines is 1. The van der Waals surface area contributed by atoms with Gasteiger partial charge in [-0.2, -0.15) is 5.26 Å². The van der Waals surface area contributed by atoms with Gasteiger partial charge in [0, 0.05) is 42.0 Å². The molecule has 3 saturated carbocycles. The Kier molecular flexibility index (Phi) is 6.36. The minimum Gasteiger partial charge on any atom is -0.352 e. The molecular formula is C25H35BrN4O. The molecule has 1 saturated heterocycles. The molecule has 1 aliphatic heterocycles. The van der Waals surface area contributed by atoms with Crippen molar-refractivity contribution in [1.82, 2.24) is 9.88 Å². The number of piperazine rings is 1. The zero-order chi connectivity index (χ0) is 22.3. The first kappa shape index (κ1) is 22.6. The number of hydrogen-bond acceptors (Lipinski definition) is 4. The average molecular weight is 487 g/mol. The Bertz CT molecular complexity index is 875. The summed E-state index contributed by atoms with van der Waals surface area (Å²) in [5.41, 5.74) is 2.30. The molecule has 6 heteroatoms. The molecule has 2 heterocycles. The molecule has 1 aromatic heterocycles. The largest absolute Gasteiger partial charge is 0.352 e. The van der Waals surface area contributed by atoms with Gasteiger partial charge in [-0.25, -0.2) is 4.98 Å². The number of halogens is 1. The normalized spacial score (nSPS) is 23.7. The summed E-state index contributed by atoms with van der Waals surface area (Å²) < 4.78 is 0.945. The van der Waals surface area contributed by atoms with E-state index in [-0.39, 0.29) is 12.0 Å². The van der Waals surface area contributed by atoms with Crippen LogP contribution in [0.3, 0.4) is 0 Å². The third kappa shape index (κ3) is 5.42. The summed E-state index contributed by atoms with van der Waals surface area (Å²) in [6.45, 7) is 11.3. The molecule has 4 aliphatic rings. The average Bonchev–Trinajstić information content (AvgIpc) is 3.59. The van der Waals surface area contributed by atoms with Crippen LogP contribution in [0.1, 0.15) is 83.4 Å². The Balaban J connectivity index is 0.000000282. The van der Waals surface area contributed by atoms with Gasteiger partial charge in [0.15, 0.2) is 0 Å². The first-order valence-corrected chi connectivity index (χ1v) is 12.6. The van der Waals surface area contributed by atoms with E-state index in [1.165, 1.54) is 25.7 Å². The van der Waals surface area contributed by atoms with Crippen molar-refractivity contribution in [2.75, 3.05) is 24.5 Å². The Morgan fingerprint density at radius 3 is 2.29 bits per heavy atom. The Hall–Kier alpha value is -1.61. The van der Waals surface area contributed by atoms with E-state index in [0.717, 1.165) is 54.4 Å². The van der Waals surface area contributed by atoms with Gasteiger partial charge >= 0.3 is 0 Å². The highest BCUT2D eigenvalue weighted by molar-refractivity contribution is 9.10. The third-order valence-corrected chi connectivity index (χ3v) is 7.64. The van der Waals surface area contributed by atoms with E-state index in [2.05, 4.69) is 54.6 Å². The van der Waals surface area contributed by atoms with Crippen molar-refractivity contribution >= 4 is 27.7 Å². The second-order valence-electron chi connectivity index (χ2n) is 10.9. The van der Waals surface area contributed by atoms with Gasteiger partial charge in [0.1, 0.15) is 11.9 Å². The summed E-state index contributed by atoms with van der Waals surface area (Å²) in [5, 5.41) is 9.50. The van der Waals surface area contributed by atoms with Crippen molar-refractivity contribution < 1.29 is 4.79 Å². The molecule has 0 radical (unpaired) electrons. The number of hydrogen-bond donors (Lipinski definition) is 0. The summed E-state index contributed by atoms with van der Waals surface area (Å²) >= 11 is 3.57. The third-order valence-electron chi connectivity index (χ3n) is 7.01. The van der Waals surface area contributed by atoms with Crippen LogP contribution in [0.25, 0.3) is 0 Å². The number of amides is 1. The van der Waals surface area contributed by atoms with Gasteiger partial charge in [0.25, 0.3) is 0 Å². The first-order chi connectivity index (χ1) is 14.7. The molecule has 5 nitrogen and oxygen atoms in total. The smallest absolute Gasteiger partial charge is 0.226 e. The molecule has 5 rings (SSSR count). The van der Waals surface area contributed by atoms with Crippen molar-refractivity contribution in [2.24, 2.45) is 17.3 Å². The van der Waals surface area contributed by atoms with Crippen molar-refractivity contribution in [3.8, 4) is 6.07 Å². The van der Waals surface area contributed by atoms with Gasteiger partial charge in [-0.15, -0.1) is 0 Å². The molecule has 1 aromatic rings. The summed E-state index contributed by atoms with van der Waals surface area (Å²) in [6.07, 6.45) is 7.40. The van der Waals surface area contributed by atoms with Crippen molar-refractivity contribution in [2.45, 2.75) is 78.2 Å². The second kappa shape index (κ2) is 8.73. The lowest BCUT2D eigenvalue weighted by molar-refractivity contribution is -0.134. The molecule has 31 heavy (non-hydrogen) atoms. The maximum absolute atomic E-state index is 12.4. The number of carbonyl (C=O) groups excluding carboxylic acids is 1. The molecule has 3 aliphatic carbocycles. The first-order valence-electron chi connectivity index (χ1n) is 11.8. The van der Waals surface area contributed by atoms with Gasteiger partial charge < -0.3 is 9.80 Å². The molecule has 0 spiro atoms. The maximum Gasteiger partial charge on any atom is 0.226 e. The lowest BCUT2D eigenvalue weighted by Crippen LogP contribution is -2.54. The number of carbonyl (C=O) groups is 1. The van der Waals surface area contributed by atoms with E-state index < -0.39 is 0 Å². The number of nitrogens with zero attached hydrogens (tertiary/aromatic N) is 4. The van der Waals surface area contributed by atoms with E-state index in [1.807, 2.05) is 11.0 Å². The summed E-state index contributed by atoms with van der Waals surface area (Å²) in [7, 11) is 0. The zero-order valence-electron chi connectivity index (χ0n) is 19.3. The van der Waals surface area contributed by atoms with Crippen molar-refractivity contribution in [1.29, 1.82) is 5.26 Å². The standard InChI is InChI=1S/C18H21BrN4O.C7H14/c1-11-10-22(6-7-23(11)18(24)13-4-5-13)17-14(9-20)8-15(19)16(21-17)12-2-3-12;1-7(2,3)6-4-5-6/h8,11-13H,2-7,10H2,1H3;6H,4-5H2,1-3H3/t11-;/m1./s1. The van der Waals surface area contributed by atoms with Gasteiger partial charge in [-0.3, -0.25) is 4.79 Å². The van der Waals surface area contributed by atoms with Gasteiger partial charge in [-0.1, -0.05) is 20.8 Å². The summed E-state index contributed by atoms with van der Waals surface area (Å²) in [4.78, 5) is 21.4. The van der Waals surface area contributed by atoms with Crippen LogP contribution in [-0.2, 0) is 4.79 Å². The number of aromatic nitrogens is 1. The van der Waals surface area contributed by atoms with Crippen molar-refractivity contribution in [3.05, 3.63) is 21.8 Å². The SMILES string of the molecule is CC(C)(C)C1CC1.C[C@@H]1CN(c2nc(C3CC3)c(Br)cc2C#N)CCN1C(=O)C1CC1. The predicted molar refractivity (Wildman–Crippen MR) is 127 cm³/mol. The van der Waals surface area contributed by atoms with Crippen LogP contribution in [0.5, 0.6) is 0 Å². The molecule has 0 bridgehead atoms. The fourth-order valence-corrected chi connectivity index (χ4v) is 5.09. The van der Waals surface area contributed by atoms with Crippen LogP contribution >= 0.6 is 15.9 Å². The van der Waals surface area contributed by atoms with E-state index >= 15 is 0 Å². The molecule has 0 unspecified atom stereocenters. The maximum atomic E-state index is 12.4. The van der Waals surface area contributed by atoms with Crippen LogP contribution in [0.15, 0.2) is 10.5 Å². The molecular weight excluding hydrogens is 452 g/mol. The lowest BCUT2D eigenvalue weighted by Gasteiger charge is -2.41. The predicted octanol–water partition coefficient (Wildman–Crippen LogP) is 5.48. The molecule has 168 valence electrons. The molecule has 0 N–H and O–H groups in total. The quantitative estimate of drug-likeness (QED) is 0.566. The zero-order valence-corrected chi connectivity index (χ0v) is 20.9. The highest BCUT2D eigenvalue weighted by Gasteiger charge is 2.38. The molecule has 1 amide bonds. The Morgan fingerprint density at radius 2 is 1.84 bits per heavy atom. The fourth-order valence-electron chi connectivity index (χ4n) is 4.45. The molecule has 1 atom stereocenters. The summed E-state index contributed by atoms with van der Waals surface area (Å²) in [6, 6.07) is 4.35. The molecule has 0 aromatic carbocycles. The highest BCUT2D eigenvalue weighted by atomic mass is 79.9. The minimum absolute atomic E-state index is 0.160. The van der Waals surface area contributed by atoms with E-state index in [4.69, 9.17) is 4.98 Å². The lowest BCUT2D eigenvalue weighted by atomic mass is 9.91. The Morgan fingerprint density at radius 1 is 1.16 bits per heavy atom.